The molecule has 0 aromatic rings. The van der Waals surface area contributed by atoms with Crippen LogP contribution in [0.2, 0.25) is 0 Å². The van der Waals surface area contributed by atoms with Crippen LogP contribution in [0.4, 0.5) is 0 Å². The lowest BCUT2D eigenvalue weighted by Crippen LogP contribution is -2.35. The molecule has 1 aliphatic heterocycles. The van der Waals surface area contributed by atoms with Crippen LogP contribution in [-0.2, 0) is 4.74 Å². The number of allylic oxidation sites excluding steroid dienone is 3. The van der Waals surface area contributed by atoms with Crippen molar-refractivity contribution >= 4 is 18.1 Å². The summed E-state index contributed by atoms with van der Waals surface area (Å²) in [6.07, 6.45) is 6.63. The first-order chi connectivity index (χ1) is 6.90. The zero-order valence-corrected chi connectivity index (χ0v) is 9.24. The molecule has 15 heavy (non-hydrogen) atoms. The van der Waals surface area contributed by atoms with E-state index in [2.05, 4.69) is 15.8 Å². The lowest BCUT2D eigenvalue weighted by molar-refractivity contribution is -0.00555. The molecule has 82 valence electrons. The molecule has 0 radical (unpaired) electrons. The zero-order chi connectivity index (χ0) is 9.80. The molecule has 0 amide bonds. The van der Waals surface area contributed by atoms with Crippen LogP contribution in [0, 0.1) is 0 Å². The molecule has 1 saturated heterocycles. The standard InChI is InChI=1S/C10H13N3O.ClH/c11-12-9-1-3-10(4-2-9)13-5-7-14-8-6-13;/h1,3-4H,2,5-8H2;1H. The van der Waals surface area contributed by atoms with Crippen LogP contribution in [0.1, 0.15) is 6.42 Å². The van der Waals surface area contributed by atoms with Crippen LogP contribution in [0.15, 0.2) is 23.9 Å². The maximum absolute atomic E-state index is 8.56. The molecule has 0 bridgehead atoms. The van der Waals surface area contributed by atoms with Gasteiger partial charge in [-0.25, -0.2) is 0 Å². The molecule has 0 unspecified atom stereocenters. The topological polar surface area (TPSA) is 48.9 Å². The van der Waals surface area contributed by atoms with Gasteiger partial charge in [0.2, 0.25) is 0 Å². The highest BCUT2D eigenvalue weighted by Gasteiger charge is 2.15. The van der Waals surface area contributed by atoms with Crippen molar-refractivity contribution in [1.82, 2.24) is 4.90 Å². The molecule has 0 spiro atoms. The van der Waals surface area contributed by atoms with E-state index in [9.17, 15) is 0 Å². The number of hydrogen-bond acceptors (Lipinski definition) is 2. The highest BCUT2D eigenvalue weighted by atomic mass is 35.5. The van der Waals surface area contributed by atoms with Gasteiger partial charge in [0, 0.05) is 24.9 Å². The van der Waals surface area contributed by atoms with Gasteiger partial charge in [0.05, 0.1) is 19.6 Å². The second kappa shape index (κ2) is 5.71. The highest BCUT2D eigenvalue weighted by Crippen LogP contribution is 2.13. The maximum atomic E-state index is 8.56. The van der Waals surface area contributed by atoms with E-state index in [1.54, 1.807) is 0 Å². The quantitative estimate of drug-likeness (QED) is 0.500. The predicted molar refractivity (Wildman–Crippen MR) is 60.1 cm³/mol. The fourth-order valence-corrected chi connectivity index (χ4v) is 1.66. The van der Waals surface area contributed by atoms with Gasteiger partial charge in [-0.3, -0.25) is 0 Å². The van der Waals surface area contributed by atoms with Gasteiger partial charge in [-0.2, -0.15) is 4.79 Å². The molecule has 0 saturated carbocycles. The molecule has 0 aromatic heterocycles. The first-order valence-electron chi connectivity index (χ1n) is 4.82. The third-order valence-electron chi connectivity index (χ3n) is 2.47. The minimum Gasteiger partial charge on any atom is -0.378 e. The third kappa shape index (κ3) is 2.93. The monoisotopic (exact) mass is 227 g/mol. The summed E-state index contributed by atoms with van der Waals surface area (Å²) in [4.78, 5) is 5.46. The van der Waals surface area contributed by atoms with Crippen LogP contribution < -0.4 is 0 Å². The van der Waals surface area contributed by atoms with Crippen molar-refractivity contribution in [1.29, 1.82) is 0 Å². The number of nitrogens with zero attached hydrogens (tertiary/aromatic N) is 3. The van der Waals surface area contributed by atoms with E-state index in [1.807, 2.05) is 12.2 Å². The molecule has 1 aliphatic carbocycles. The van der Waals surface area contributed by atoms with Gasteiger partial charge in [0.15, 0.2) is 0 Å². The van der Waals surface area contributed by atoms with Crippen LogP contribution in [0.3, 0.4) is 0 Å². The Morgan fingerprint density at radius 3 is 2.53 bits per heavy atom. The molecular formula is C10H14ClN3O. The first-order valence-corrected chi connectivity index (χ1v) is 4.82. The van der Waals surface area contributed by atoms with Crippen molar-refractivity contribution in [2.75, 3.05) is 26.3 Å². The molecule has 0 N–H and O–H groups in total. The zero-order valence-electron chi connectivity index (χ0n) is 8.43. The number of halogens is 1. The second-order valence-corrected chi connectivity index (χ2v) is 3.36. The SMILES string of the molecule is Cl.[N-]=[N+]=C1C=CC(N2CCOCC2)=CC1. The lowest BCUT2D eigenvalue weighted by Gasteiger charge is -2.30. The summed E-state index contributed by atoms with van der Waals surface area (Å²) in [5.41, 5.74) is 10.5. The summed E-state index contributed by atoms with van der Waals surface area (Å²) >= 11 is 0. The van der Waals surface area contributed by atoms with Gasteiger partial charge in [0.25, 0.3) is 5.71 Å². The minimum atomic E-state index is 0. The van der Waals surface area contributed by atoms with E-state index in [-0.39, 0.29) is 12.4 Å². The average Bonchev–Trinajstić information content (AvgIpc) is 2.30. The smallest absolute Gasteiger partial charge is 0.295 e. The van der Waals surface area contributed by atoms with Gasteiger partial charge in [-0.15, -0.1) is 12.4 Å². The molecule has 2 rings (SSSR count). The van der Waals surface area contributed by atoms with Crippen molar-refractivity contribution < 1.29 is 9.53 Å². The molecule has 2 aliphatic rings. The predicted octanol–water partition coefficient (Wildman–Crippen LogP) is 1.25. The fraction of sp³-hybridized carbons (Fsp3) is 0.500. The number of ether oxygens (including phenoxy) is 1. The van der Waals surface area contributed by atoms with Gasteiger partial charge in [-0.05, 0) is 12.2 Å². The van der Waals surface area contributed by atoms with Crippen molar-refractivity contribution in [3.8, 4) is 0 Å². The first kappa shape index (κ1) is 12.0. The summed E-state index contributed by atoms with van der Waals surface area (Å²) in [5, 5.41) is 0. The Kier molecular flexibility index (Phi) is 4.56. The minimum absolute atomic E-state index is 0. The largest absolute Gasteiger partial charge is 0.378 e. The summed E-state index contributed by atoms with van der Waals surface area (Å²) in [7, 11) is 0. The van der Waals surface area contributed by atoms with Gasteiger partial charge in [0.1, 0.15) is 0 Å². The van der Waals surface area contributed by atoms with E-state index in [4.69, 9.17) is 10.3 Å². The van der Waals surface area contributed by atoms with Gasteiger partial charge in [-0.1, -0.05) is 0 Å². The van der Waals surface area contributed by atoms with Crippen molar-refractivity contribution in [2.24, 2.45) is 0 Å². The molecule has 4 nitrogen and oxygen atoms in total. The van der Waals surface area contributed by atoms with Crippen molar-refractivity contribution in [2.45, 2.75) is 6.42 Å². The molecule has 0 atom stereocenters. The summed E-state index contributed by atoms with van der Waals surface area (Å²) < 4.78 is 5.28. The van der Waals surface area contributed by atoms with Gasteiger partial charge >= 0.3 is 0 Å². The van der Waals surface area contributed by atoms with E-state index in [1.165, 1.54) is 5.70 Å². The molecule has 5 heteroatoms. The highest BCUT2D eigenvalue weighted by molar-refractivity contribution is 5.93. The third-order valence-corrected chi connectivity index (χ3v) is 2.47. The van der Waals surface area contributed by atoms with Crippen LogP contribution in [0.25, 0.3) is 5.53 Å². The van der Waals surface area contributed by atoms with Crippen LogP contribution in [0.5, 0.6) is 0 Å². The Bertz CT molecular complexity index is 326. The molecule has 1 heterocycles. The Morgan fingerprint density at radius 2 is 2.00 bits per heavy atom. The van der Waals surface area contributed by atoms with E-state index in [0.29, 0.717) is 12.1 Å². The molecule has 1 fully saturated rings. The fourth-order valence-electron chi connectivity index (χ4n) is 1.66. The van der Waals surface area contributed by atoms with E-state index in [0.717, 1.165) is 26.3 Å². The Labute approximate surface area is 95.2 Å². The maximum Gasteiger partial charge on any atom is 0.295 e. The molecular weight excluding hydrogens is 214 g/mol. The summed E-state index contributed by atoms with van der Waals surface area (Å²) in [5.74, 6) is 0. The van der Waals surface area contributed by atoms with Crippen LogP contribution in [-0.4, -0.2) is 41.7 Å². The Hall–Kier alpha value is -1.09. The lowest BCUT2D eigenvalue weighted by atomic mass is 10.1. The summed E-state index contributed by atoms with van der Waals surface area (Å²) in [6.45, 7) is 3.49. The average molecular weight is 228 g/mol. The van der Waals surface area contributed by atoms with Crippen LogP contribution >= 0.6 is 12.4 Å². The molecule has 0 aromatic carbocycles. The van der Waals surface area contributed by atoms with Crippen molar-refractivity contribution in [3.05, 3.63) is 29.5 Å². The van der Waals surface area contributed by atoms with Crippen molar-refractivity contribution in [3.63, 3.8) is 0 Å². The van der Waals surface area contributed by atoms with Gasteiger partial charge < -0.3 is 15.2 Å². The normalized spacial score (nSPS) is 20.4. The second-order valence-electron chi connectivity index (χ2n) is 3.36. The summed E-state index contributed by atoms with van der Waals surface area (Å²) in [6, 6.07) is 0. The Balaban J connectivity index is 0.00000112. The number of rotatable bonds is 1. The van der Waals surface area contributed by atoms with E-state index < -0.39 is 0 Å². The van der Waals surface area contributed by atoms with E-state index >= 15 is 0 Å². The number of morpholine rings is 1. The number of hydrogen-bond donors (Lipinski definition) is 0. The Morgan fingerprint density at radius 1 is 1.27 bits per heavy atom.